The summed E-state index contributed by atoms with van der Waals surface area (Å²) in [5.41, 5.74) is 0.259. The summed E-state index contributed by atoms with van der Waals surface area (Å²) >= 11 is 0. The summed E-state index contributed by atoms with van der Waals surface area (Å²) in [6.07, 6.45) is 4.53. The number of carbonyl (C=O) groups excluding carboxylic acids is 2. The van der Waals surface area contributed by atoms with Crippen LogP contribution in [0.3, 0.4) is 0 Å². The van der Waals surface area contributed by atoms with E-state index in [0.29, 0.717) is 22.7 Å². The zero-order valence-corrected chi connectivity index (χ0v) is 15.7. The van der Waals surface area contributed by atoms with Crippen LogP contribution in [0.4, 0.5) is 0 Å². The molecule has 1 aromatic heterocycles. The number of carbonyl (C=O) groups is 2. The Kier molecular flexibility index (Phi) is 5.88. The Hall–Kier alpha value is -2.70. The molecule has 1 heterocycles. The largest absolute Gasteiger partial charge is 0.454 e. The summed E-state index contributed by atoms with van der Waals surface area (Å²) in [4.78, 5) is 40.6. The molecule has 0 bridgehead atoms. The summed E-state index contributed by atoms with van der Waals surface area (Å²) in [7, 11) is 0. The molecular formula is C20H25N3O4. The lowest BCUT2D eigenvalue weighted by atomic mass is 9.78. The predicted octanol–water partition coefficient (Wildman–Crippen LogP) is 1.88. The molecule has 27 heavy (non-hydrogen) atoms. The first kappa shape index (κ1) is 19.1. The molecule has 0 radical (unpaired) electrons. The molecule has 1 fully saturated rings. The van der Waals surface area contributed by atoms with E-state index in [4.69, 9.17) is 4.74 Å². The monoisotopic (exact) mass is 371 g/mol. The van der Waals surface area contributed by atoms with E-state index in [2.05, 4.69) is 24.1 Å². The van der Waals surface area contributed by atoms with Crippen molar-refractivity contribution in [2.75, 3.05) is 6.61 Å². The minimum absolute atomic E-state index is 0.118. The third-order valence-electron chi connectivity index (χ3n) is 5.45. The van der Waals surface area contributed by atoms with Crippen molar-refractivity contribution in [2.24, 2.45) is 11.8 Å². The van der Waals surface area contributed by atoms with Gasteiger partial charge in [-0.2, -0.15) is 0 Å². The molecule has 7 nitrogen and oxygen atoms in total. The van der Waals surface area contributed by atoms with E-state index >= 15 is 0 Å². The van der Waals surface area contributed by atoms with E-state index in [0.717, 1.165) is 12.8 Å². The lowest BCUT2D eigenvalue weighted by molar-refractivity contribution is -0.149. The first-order chi connectivity index (χ1) is 13.0. The second-order valence-electron chi connectivity index (χ2n) is 7.30. The minimum Gasteiger partial charge on any atom is -0.454 e. The number of para-hydroxylation sites is 1. The lowest BCUT2D eigenvalue weighted by Gasteiger charge is -2.34. The summed E-state index contributed by atoms with van der Waals surface area (Å²) < 4.78 is 6.23. The second kappa shape index (κ2) is 8.33. The molecule has 0 unspecified atom stereocenters. The third kappa shape index (κ3) is 4.53. The van der Waals surface area contributed by atoms with Gasteiger partial charge in [0.2, 0.25) is 0 Å². The highest BCUT2D eigenvalue weighted by Gasteiger charge is 2.28. The Morgan fingerprint density at radius 1 is 1.26 bits per heavy atom. The Labute approximate surface area is 157 Å². The first-order valence-corrected chi connectivity index (χ1v) is 9.35. The molecule has 1 N–H and O–H groups in total. The number of nitrogens with one attached hydrogen (secondary N) is 1. The van der Waals surface area contributed by atoms with Crippen molar-refractivity contribution in [1.29, 1.82) is 0 Å². The van der Waals surface area contributed by atoms with E-state index in [1.165, 1.54) is 17.3 Å². The number of ether oxygens (including phenoxy) is 1. The summed E-state index contributed by atoms with van der Waals surface area (Å²) in [5.74, 6) is 0.0206. The van der Waals surface area contributed by atoms with E-state index in [9.17, 15) is 14.4 Å². The van der Waals surface area contributed by atoms with Gasteiger partial charge in [-0.3, -0.25) is 19.0 Å². The van der Waals surface area contributed by atoms with Crippen LogP contribution in [0.15, 0.2) is 35.4 Å². The van der Waals surface area contributed by atoms with Crippen LogP contribution in [-0.4, -0.2) is 34.1 Å². The summed E-state index contributed by atoms with van der Waals surface area (Å²) in [5, 5.41) is 3.39. The molecule has 144 valence electrons. The maximum absolute atomic E-state index is 12.4. The van der Waals surface area contributed by atoms with Crippen molar-refractivity contribution in [3.63, 3.8) is 0 Å². The lowest BCUT2D eigenvalue weighted by Crippen LogP contribution is -2.45. The fraction of sp³-hybridized carbons (Fsp3) is 0.500. The quantitative estimate of drug-likeness (QED) is 0.811. The topological polar surface area (TPSA) is 90.3 Å². The number of hydrogen-bond acceptors (Lipinski definition) is 5. The zero-order chi connectivity index (χ0) is 19.4. The highest BCUT2D eigenvalue weighted by atomic mass is 16.5. The molecule has 1 aliphatic rings. The van der Waals surface area contributed by atoms with Crippen LogP contribution in [0.5, 0.6) is 0 Å². The van der Waals surface area contributed by atoms with E-state index in [-0.39, 0.29) is 30.7 Å². The van der Waals surface area contributed by atoms with Gasteiger partial charge in [0, 0.05) is 6.04 Å². The first-order valence-electron chi connectivity index (χ1n) is 9.35. The fourth-order valence-electron chi connectivity index (χ4n) is 3.58. The van der Waals surface area contributed by atoms with Gasteiger partial charge in [-0.1, -0.05) is 38.8 Å². The summed E-state index contributed by atoms with van der Waals surface area (Å²) in [6, 6.07) is 7.04. The van der Waals surface area contributed by atoms with Crippen molar-refractivity contribution in [3.8, 4) is 0 Å². The van der Waals surface area contributed by atoms with Gasteiger partial charge in [0.05, 0.1) is 17.2 Å². The Bertz CT molecular complexity index is 892. The number of aromatic nitrogens is 2. The van der Waals surface area contributed by atoms with Gasteiger partial charge in [-0.05, 0) is 30.4 Å². The number of rotatable bonds is 5. The maximum atomic E-state index is 12.4. The maximum Gasteiger partial charge on any atom is 0.326 e. The Balaban J connectivity index is 1.53. The average molecular weight is 371 g/mol. The molecule has 1 amide bonds. The number of nitrogens with zero attached hydrogens (tertiary/aromatic N) is 2. The number of fused-ring (bicyclic) bond motifs is 1. The fourth-order valence-corrected chi connectivity index (χ4v) is 3.58. The van der Waals surface area contributed by atoms with Gasteiger partial charge in [0.25, 0.3) is 11.5 Å². The van der Waals surface area contributed by atoms with Crippen LogP contribution >= 0.6 is 0 Å². The Morgan fingerprint density at radius 3 is 2.85 bits per heavy atom. The minimum atomic E-state index is -0.644. The molecule has 7 heteroatoms. The van der Waals surface area contributed by atoms with Crippen LogP contribution in [0.2, 0.25) is 0 Å². The van der Waals surface area contributed by atoms with Crippen molar-refractivity contribution >= 4 is 22.8 Å². The van der Waals surface area contributed by atoms with E-state index in [1.807, 2.05) is 0 Å². The standard InChI is InChI=1S/C20H25N3O4/c1-13-6-5-9-16(14(13)2)22-18(24)11-27-19(25)10-23-12-21-17-8-4-3-7-15(17)20(23)26/h3-4,7-8,12-14,16H,5-6,9-11H2,1-2H3,(H,22,24)/t13-,14-,16-/m1/s1. The summed E-state index contributed by atoms with van der Waals surface area (Å²) in [6.45, 7) is 3.71. The molecule has 2 aromatic rings. The second-order valence-corrected chi connectivity index (χ2v) is 7.30. The van der Waals surface area contributed by atoms with E-state index in [1.54, 1.807) is 24.3 Å². The average Bonchev–Trinajstić information content (AvgIpc) is 2.66. The highest BCUT2D eigenvalue weighted by Crippen LogP contribution is 2.29. The number of amides is 1. The van der Waals surface area contributed by atoms with Crippen LogP contribution in [0.25, 0.3) is 10.9 Å². The SMILES string of the molecule is C[C@@H]1[C@H](C)CCC[C@H]1NC(=O)COC(=O)Cn1cnc2ccccc2c1=O. The Morgan fingerprint density at radius 2 is 2.04 bits per heavy atom. The van der Waals surface area contributed by atoms with Crippen molar-refractivity contribution < 1.29 is 14.3 Å². The van der Waals surface area contributed by atoms with Gasteiger partial charge < -0.3 is 10.1 Å². The van der Waals surface area contributed by atoms with Crippen molar-refractivity contribution in [2.45, 2.75) is 45.7 Å². The number of benzene rings is 1. The normalized spacial score (nSPS) is 22.4. The van der Waals surface area contributed by atoms with Gasteiger partial charge in [0.1, 0.15) is 6.54 Å². The molecule has 1 aromatic carbocycles. The molecule has 0 saturated heterocycles. The molecule has 3 atom stereocenters. The number of hydrogen-bond donors (Lipinski definition) is 1. The smallest absolute Gasteiger partial charge is 0.326 e. The van der Waals surface area contributed by atoms with Gasteiger partial charge in [0.15, 0.2) is 6.61 Å². The van der Waals surface area contributed by atoms with Crippen molar-refractivity contribution in [3.05, 3.63) is 40.9 Å². The zero-order valence-electron chi connectivity index (χ0n) is 15.7. The molecular weight excluding hydrogens is 346 g/mol. The molecule has 1 saturated carbocycles. The highest BCUT2D eigenvalue weighted by molar-refractivity contribution is 5.81. The van der Waals surface area contributed by atoms with Crippen LogP contribution in [0, 0.1) is 11.8 Å². The molecule has 3 rings (SSSR count). The van der Waals surface area contributed by atoms with E-state index < -0.39 is 5.97 Å². The molecule has 0 aliphatic heterocycles. The van der Waals surface area contributed by atoms with Crippen LogP contribution in [0.1, 0.15) is 33.1 Å². The number of esters is 1. The van der Waals surface area contributed by atoms with Crippen LogP contribution in [-0.2, 0) is 20.9 Å². The van der Waals surface area contributed by atoms with Crippen LogP contribution < -0.4 is 10.9 Å². The van der Waals surface area contributed by atoms with Crippen molar-refractivity contribution in [1.82, 2.24) is 14.9 Å². The van der Waals surface area contributed by atoms with Gasteiger partial charge in [-0.25, -0.2) is 4.98 Å². The third-order valence-corrected chi connectivity index (χ3v) is 5.45. The molecule has 0 spiro atoms. The molecule has 1 aliphatic carbocycles. The van der Waals surface area contributed by atoms with Gasteiger partial charge in [-0.15, -0.1) is 0 Å². The van der Waals surface area contributed by atoms with Gasteiger partial charge >= 0.3 is 5.97 Å². The predicted molar refractivity (Wildman–Crippen MR) is 101 cm³/mol.